The van der Waals surface area contributed by atoms with Crippen molar-refractivity contribution in [3.63, 3.8) is 0 Å². The number of nitrogens with zero attached hydrogens (tertiary/aromatic N) is 3. The SMILES string of the molecule is Cc1[nH]n(-c2ccc(SC(C)C)cn2)c(=O)c1-c1ccc(C#N)cc1. The molecule has 0 amide bonds. The highest BCUT2D eigenvalue weighted by Gasteiger charge is 2.15. The van der Waals surface area contributed by atoms with Crippen LogP contribution in [0.2, 0.25) is 0 Å². The summed E-state index contributed by atoms with van der Waals surface area (Å²) in [5.41, 5.74) is 2.55. The molecule has 3 rings (SSSR count). The zero-order chi connectivity index (χ0) is 18.0. The average molecular weight is 350 g/mol. The van der Waals surface area contributed by atoms with E-state index in [9.17, 15) is 4.79 Å². The molecule has 1 N–H and O–H groups in total. The molecule has 1 aromatic carbocycles. The zero-order valence-corrected chi connectivity index (χ0v) is 15.1. The Bertz CT molecular complexity index is 976. The first-order valence-corrected chi connectivity index (χ1v) is 8.83. The lowest BCUT2D eigenvalue weighted by Gasteiger charge is -2.05. The van der Waals surface area contributed by atoms with Crippen molar-refractivity contribution in [3.8, 4) is 23.0 Å². The molecule has 6 heteroatoms. The molecule has 0 saturated heterocycles. The highest BCUT2D eigenvalue weighted by atomic mass is 32.2. The van der Waals surface area contributed by atoms with Crippen LogP contribution < -0.4 is 5.56 Å². The summed E-state index contributed by atoms with van der Waals surface area (Å²) >= 11 is 1.73. The number of H-pyrrole nitrogens is 1. The topological polar surface area (TPSA) is 74.5 Å². The van der Waals surface area contributed by atoms with Crippen LogP contribution in [0.1, 0.15) is 25.1 Å². The maximum atomic E-state index is 12.8. The van der Waals surface area contributed by atoms with E-state index >= 15 is 0 Å². The lowest BCUT2D eigenvalue weighted by atomic mass is 10.1. The molecular weight excluding hydrogens is 332 g/mol. The van der Waals surface area contributed by atoms with Crippen LogP contribution in [0.5, 0.6) is 0 Å². The molecule has 25 heavy (non-hydrogen) atoms. The number of nitriles is 1. The second-order valence-corrected chi connectivity index (χ2v) is 7.61. The maximum absolute atomic E-state index is 12.8. The van der Waals surface area contributed by atoms with Gasteiger partial charge in [-0.2, -0.15) is 5.26 Å². The molecule has 0 aliphatic carbocycles. The van der Waals surface area contributed by atoms with E-state index in [1.165, 1.54) is 4.68 Å². The average Bonchev–Trinajstić information content (AvgIpc) is 2.90. The second-order valence-electron chi connectivity index (χ2n) is 5.96. The molecule has 2 aromatic heterocycles. The van der Waals surface area contributed by atoms with E-state index in [0.717, 1.165) is 16.2 Å². The van der Waals surface area contributed by atoms with Crippen molar-refractivity contribution < 1.29 is 0 Å². The van der Waals surface area contributed by atoms with E-state index in [4.69, 9.17) is 5.26 Å². The van der Waals surface area contributed by atoms with Crippen LogP contribution in [0.25, 0.3) is 16.9 Å². The van der Waals surface area contributed by atoms with Gasteiger partial charge in [0, 0.05) is 22.0 Å². The third-order valence-electron chi connectivity index (χ3n) is 3.70. The van der Waals surface area contributed by atoms with Crippen molar-refractivity contribution in [3.05, 3.63) is 64.2 Å². The number of aryl methyl sites for hydroxylation is 1. The first kappa shape index (κ1) is 17.1. The van der Waals surface area contributed by atoms with E-state index in [0.29, 0.717) is 22.2 Å². The Kier molecular flexibility index (Phi) is 4.77. The maximum Gasteiger partial charge on any atom is 0.280 e. The molecule has 0 saturated carbocycles. The third-order valence-corrected chi connectivity index (χ3v) is 4.68. The van der Waals surface area contributed by atoms with Gasteiger partial charge in [-0.1, -0.05) is 26.0 Å². The number of pyridine rings is 1. The van der Waals surface area contributed by atoms with Gasteiger partial charge in [0.15, 0.2) is 5.82 Å². The number of hydrogen-bond donors (Lipinski definition) is 1. The summed E-state index contributed by atoms with van der Waals surface area (Å²) in [4.78, 5) is 18.3. The lowest BCUT2D eigenvalue weighted by molar-refractivity contribution is 0.804. The van der Waals surface area contributed by atoms with Crippen molar-refractivity contribution >= 4 is 11.8 Å². The number of aromatic amines is 1. The highest BCUT2D eigenvalue weighted by molar-refractivity contribution is 7.99. The summed E-state index contributed by atoms with van der Waals surface area (Å²) in [6.07, 6.45) is 1.78. The monoisotopic (exact) mass is 350 g/mol. The van der Waals surface area contributed by atoms with Gasteiger partial charge in [0.05, 0.1) is 17.2 Å². The number of aromatic nitrogens is 3. The van der Waals surface area contributed by atoms with Crippen molar-refractivity contribution in [2.24, 2.45) is 0 Å². The zero-order valence-electron chi connectivity index (χ0n) is 14.3. The first-order chi connectivity index (χ1) is 12.0. The fourth-order valence-corrected chi connectivity index (χ4v) is 3.41. The van der Waals surface area contributed by atoms with Gasteiger partial charge < -0.3 is 0 Å². The summed E-state index contributed by atoms with van der Waals surface area (Å²) < 4.78 is 1.45. The molecule has 0 aliphatic heterocycles. The Hall–Kier alpha value is -2.78. The van der Waals surface area contributed by atoms with Crippen molar-refractivity contribution in [2.45, 2.75) is 30.9 Å². The molecule has 5 nitrogen and oxygen atoms in total. The quantitative estimate of drug-likeness (QED) is 0.724. The van der Waals surface area contributed by atoms with Gasteiger partial charge in [-0.3, -0.25) is 9.89 Å². The Morgan fingerprint density at radius 2 is 1.92 bits per heavy atom. The van der Waals surface area contributed by atoms with Crippen LogP contribution in [0, 0.1) is 18.3 Å². The minimum Gasteiger partial charge on any atom is -0.293 e. The van der Waals surface area contributed by atoms with Crippen molar-refractivity contribution in [1.82, 2.24) is 14.8 Å². The molecule has 3 aromatic rings. The van der Waals surface area contributed by atoms with E-state index in [-0.39, 0.29) is 5.56 Å². The predicted molar refractivity (Wildman–Crippen MR) is 100 cm³/mol. The molecule has 0 bridgehead atoms. The predicted octanol–water partition coefficient (Wildman–Crippen LogP) is 3.91. The Morgan fingerprint density at radius 3 is 2.48 bits per heavy atom. The van der Waals surface area contributed by atoms with E-state index in [1.54, 1.807) is 42.2 Å². The fraction of sp³-hybridized carbons (Fsp3) is 0.211. The van der Waals surface area contributed by atoms with E-state index in [2.05, 4.69) is 30.0 Å². The molecule has 0 aliphatic rings. The lowest BCUT2D eigenvalue weighted by Crippen LogP contribution is -2.16. The number of nitrogens with one attached hydrogen (secondary N) is 1. The van der Waals surface area contributed by atoms with Crippen LogP contribution in [-0.2, 0) is 0 Å². The van der Waals surface area contributed by atoms with E-state index < -0.39 is 0 Å². The summed E-state index contributed by atoms with van der Waals surface area (Å²) in [7, 11) is 0. The van der Waals surface area contributed by atoms with Crippen molar-refractivity contribution in [2.75, 3.05) is 0 Å². The van der Waals surface area contributed by atoms with Gasteiger partial charge in [0.1, 0.15) is 0 Å². The Balaban J connectivity index is 1.99. The highest BCUT2D eigenvalue weighted by Crippen LogP contribution is 2.23. The van der Waals surface area contributed by atoms with E-state index in [1.807, 2.05) is 19.1 Å². The molecular formula is C19H18N4OS. The van der Waals surface area contributed by atoms with Gasteiger partial charge in [0.2, 0.25) is 0 Å². The largest absolute Gasteiger partial charge is 0.293 e. The van der Waals surface area contributed by atoms with Crippen LogP contribution in [0.15, 0.2) is 52.3 Å². The normalized spacial score (nSPS) is 10.8. The number of rotatable bonds is 4. The van der Waals surface area contributed by atoms with Crippen LogP contribution in [0.4, 0.5) is 0 Å². The van der Waals surface area contributed by atoms with Crippen LogP contribution in [0.3, 0.4) is 0 Å². The van der Waals surface area contributed by atoms with Crippen LogP contribution >= 0.6 is 11.8 Å². The van der Waals surface area contributed by atoms with Gasteiger partial charge in [-0.15, -0.1) is 11.8 Å². The molecule has 0 spiro atoms. The van der Waals surface area contributed by atoms with Gasteiger partial charge in [-0.25, -0.2) is 9.67 Å². The van der Waals surface area contributed by atoms with Crippen molar-refractivity contribution in [1.29, 1.82) is 5.26 Å². The second kappa shape index (κ2) is 6.99. The third kappa shape index (κ3) is 3.52. The summed E-state index contributed by atoms with van der Waals surface area (Å²) in [6.45, 7) is 6.11. The molecule has 0 atom stereocenters. The Labute approximate surface area is 150 Å². The molecule has 2 heterocycles. The van der Waals surface area contributed by atoms with Gasteiger partial charge in [0.25, 0.3) is 5.56 Å². The van der Waals surface area contributed by atoms with Gasteiger partial charge in [-0.05, 0) is 36.8 Å². The minimum absolute atomic E-state index is 0.154. The first-order valence-electron chi connectivity index (χ1n) is 7.95. The smallest absolute Gasteiger partial charge is 0.280 e. The number of thioether (sulfide) groups is 1. The van der Waals surface area contributed by atoms with Crippen LogP contribution in [-0.4, -0.2) is 20.0 Å². The number of benzene rings is 1. The Morgan fingerprint density at radius 1 is 1.20 bits per heavy atom. The standard InChI is InChI=1S/C19H18N4OS/c1-12(2)25-16-8-9-17(21-11-16)23-19(24)18(13(3)22-23)15-6-4-14(10-20)5-7-15/h4-9,11-12,22H,1-3H3. The molecule has 0 unspecified atom stereocenters. The summed E-state index contributed by atoms with van der Waals surface area (Å²) in [5.74, 6) is 0.557. The minimum atomic E-state index is -0.154. The summed E-state index contributed by atoms with van der Waals surface area (Å²) in [5, 5.41) is 12.5. The molecule has 126 valence electrons. The number of hydrogen-bond acceptors (Lipinski definition) is 4. The molecule has 0 fully saturated rings. The molecule has 0 radical (unpaired) electrons. The fourth-order valence-electron chi connectivity index (χ4n) is 2.61. The summed E-state index contributed by atoms with van der Waals surface area (Å²) in [6, 6.07) is 12.9. The van der Waals surface area contributed by atoms with Gasteiger partial charge >= 0.3 is 0 Å².